The van der Waals surface area contributed by atoms with Gasteiger partial charge in [-0.1, -0.05) is 12.1 Å². The van der Waals surface area contributed by atoms with Gasteiger partial charge in [0.15, 0.2) is 5.76 Å². The lowest BCUT2D eigenvalue weighted by atomic mass is 9.79. The molecule has 3 aliphatic rings. The number of amides is 1. The molecule has 1 N–H and O–H groups in total. The fraction of sp³-hybridized carbons (Fsp3) is 0.400. The Bertz CT molecular complexity index is 825. The summed E-state index contributed by atoms with van der Waals surface area (Å²) >= 11 is 0. The summed E-state index contributed by atoms with van der Waals surface area (Å²) in [5.74, 6) is 1.22. The molecule has 1 aromatic carbocycles. The van der Waals surface area contributed by atoms with Gasteiger partial charge in [0, 0.05) is 17.6 Å². The van der Waals surface area contributed by atoms with Crippen molar-refractivity contribution in [2.45, 2.75) is 31.8 Å². The van der Waals surface area contributed by atoms with Crippen molar-refractivity contribution in [2.75, 3.05) is 13.1 Å². The molecule has 1 amide bonds. The second-order valence-electron chi connectivity index (χ2n) is 6.93. The van der Waals surface area contributed by atoms with E-state index >= 15 is 0 Å². The van der Waals surface area contributed by atoms with Crippen LogP contribution in [0.5, 0.6) is 0 Å². The Morgan fingerprint density at radius 3 is 2.72 bits per heavy atom. The van der Waals surface area contributed by atoms with E-state index in [-0.39, 0.29) is 11.9 Å². The second-order valence-corrected chi connectivity index (χ2v) is 6.93. The monoisotopic (exact) mass is 335 g/mol. The summed E-state index contributed by atoms with van der Waals surface area (Å²) in [4.78, 5) is 15.1. The summed E-state index contributed by atoms with van der Waals surface area (Å²) in [6.07, 6.45) is 2.29. The van der Waals surface area contributed by atoms with Crippen LogP contribution in [0.3, 0.4) is 0 Å². The summed E-state index contributed by atoms with van der Waals surface area (Å²) in [5, 5.41) is 12.4. The zero-order valence-electron chi connectivity index (χ0n) is 14.2. The predicted molar refractivity (Wildman–Crippen MR) is 93.9 cm³/mol. The highest BCUT2D eigenvalue weighted by Crippen LogP contribution is 2.32. The third-order valence-corrected chi connectivity index (χ3v) is 5.62. The Labute approximate surface area is 147 Å². The first-order valence-electron chi connectivity index (χ1n) is 8.81. The number of rotatable bonds is 3. The number of carbonyl (C=O) groups is 1. The van der Waals surface area contributed by atoms with E-state index in [1.165, 1.54) is 0 Å². The van der Waals surface area contributed by atoms with Crippen LogP contribution in [0, 0.1) is 17.2 Å². The molecule has 5 nitrogen and oxygen atoms in total. The molecule has 1 aromatic heterocycles. The van der Waals surface area contributed by atoms with E-state index in [1.54, 1.807) is 18.2 Å². The molecule has 5 heteroatoms. The van der Waals surface area contributed by atoms with Crippen molar-refractivity contribution in [3.8, 4) is 17.4 Å². The van der Waals surface area contributed by atoms with Gasteiger partial charge in [-0.25, -0.2) is 0 Å². The molecule has 128 valence electrons. The molecule has 0 aliphatic carbocycles. The summed E-state index contributed by atoms with van der Waals surface area (Å²) < 4.78 is 5.75. The van der Waals surface area contributed by atoms with Gasteiger partial charge < -0.3 is 9.73 Å². The van der Waals surface area contributed by atoms with E-state index in [0.29, 0.717) is 34.6 Å². The van der Waals surface area contributed by atoms with Crippen LogP contribution in [0.25, 0.3) is 11.3 Å². The quantitative estimate of drug-likeness (QED) is 0.936. The van der Waals surface area contributed by atoms with Crippen molar-refractivity contribution in [1.82, 2.24) is 10.2 Å². The average molecular weight is 335 g/mol. The number of carbonyl (C=O) groups excluding carboxylic acids is 1. The van der Waals surface area contributed by atoms with E-state index in [2.05, 4.69) is 23.2 Å². The van der Waals surface area contributed by atoms with Gasteiger partial charge in [0.1, 0.15) is 5.76 Å². The molecule has 0 spiro atoms. The van der Waals surface area contributed by atoms with Crippen LogP contribution in [0.2, 0.25) is 0 Å². The summed E-state index contributed by atoms with van der Waals surface area (Å²) in [6, 6.07) is 13.4. The Morgan fingerprint density at radius 1 is 1.24 bits per heavy atom. The van der Waals surface area contributed by atoms with Crippen molar-refractivity contribution >= 4 is 5.91 Å². The van der Waals surface area contributed by atoms with Gasteiger partial charge in [-0.2, -0.15) is 5.26 Å². The van der Waals surface area contributed by atoms with Crippen LogP contribution in [-0.2, 0) is 0 Å². The number of nitriles is 1. The highest BCUT2D eigenvalue weighted by Gasteiger charge is 2.40. The summed E-state index contributed by atoms with van der Waals surface area (Å²) in [5.41, 5.74) is 1.25. The highest BCUT2D eigenvalue weighted by atomic mass is 16.3. The van der Waals surface area contributed by atoms with Gasteiger partial charge >= 0.3 is 0 Å². The number of hydrogen-bond donors (Lipinski definition) is 1. The van der Waals surface area contributed by atoms with E-state index < -0.39 is 0 Å². The second kappa shape index (κ2) is 6.38. The molecule has 2 atom stereocenters. The fourth-order valence-corrected chi connectivity index (χ4v) is 4.17. The standard InChI is InChI=1S/C20H21N3O2/c1-13-19(14-8-10-23(13)11-9-14)22-20(24)18-7-6-17(25-18)16-5-3-2-4-15(16)12-21/h2-7,13-14,19H,8-11H2,1H3,(H,22,24)/t13-,19-/m0/s1. The van der Waals surface area contributed by atoms with E-state index in [4.69, 9.17) is 4.42 Å². The molecule has 0 unspecified atom stereocenters. The topological polar surface area (TPSA) is 69.3 Å². The number of hydrogen-bond acceptors (Lipinski definition) is 4. The van der Waals surface area contributed by atoms with Gasteiger partial charge in [-0.3, -0.25) is 9.69 Å². The highest BCUT2D eigenvalue weighted by molar-refractivity contribution is 5.92. The van der Waals surface area contributed by atoms with Crippen molar-refractivity contribution in [3.63, 3.8) is 0 Å². The number of nitrogens with one attached hydrogen (secondary N) is 1. The maximum Gasteiger partial charge on any atom is 0.287 e. The van der Waals surface area contributed by atoms with Crippen LogP contribution in [-0.4, -0.2) is 36.0 Å². The van der Waals surface area contributed by atoms with Gasteiger partial charge in [-0.15, -0.1) is 0 Å². The number of benzene rings is 1. The molecule has 0 radical (unpaired) electrons. The van der Waals surface area contributed by atoms with Crippen LogP contribution in [0.4, 0.5) is 0 Å². The Hall–Kier alpha value is -2.58. The zero-order chi connectivity index (χ0) is 17.4. The van der Waals surface area contributed by atoms with Gasteiger partial charge in [-0.05, 0) is 63.0 Å². The fourth-order valence-electron chi connectivity index (χ4n) is 4.17. The molecule has 4 heterocycles. The molecule has 3 fully saturated rings. The van der Waals surface area contributed by atoms with E-state index in [9.17, 15) is 10.1 Å². The molecule has 2 aromatic rings. The Balaban J connectivity index is 1.52. The molecular weight excluding hydrogens is 314 g/mol. The van der Waals surface area contributed by atoms with Crippen molar-refractivity contribution in [1.29, 1.82) is 5.26 Å². The van der Waals surface area contributed by atoms with E-state index in [0.717, 1.165) is 25.9 Å². The zero-order valence-corrected chi connectivity index (χ0v) is 14.2. The van der Waals surface area contributed by atoms with Crippen LogP contribution in [0.1, 0.15) is 35.9 Å². The molecule has 3 aliphatic heterocycles. The predicted octanol–water partition coefficient (Wildman–Crippen LogP) is 3.03. The van der Waals surface area contributed by atoms with Crippen molar-refractivity contribution < 1.29 is 9.21 Å². The molecular formula is C20H21N3O2. The van der Waals surface area contributed by atoms with Crippen LogP contribution in [0.15, 0.2) is 40.8 Å². The SMILES string of the molecule is C[C@H]1[C@H](NC(=O)c2ccc(-c3ccccc3C#N)o2)C2CCN1CC2. The molecule has 0 saturated carbocycles. The van der Waals surface area contributed by atoms with Crippen molar-refractivity contribution in [2.24, 2.45) is 5.92 Å². The lowest BCUT2D eigenvalue weighted by molar-refractivity contribution is 0.0211. The minimum absolute atomic E-state index is 0.175. The number of piperidine rings is 3. The smallest absolute Gasteiger partial charge is 0.287 e. The first kappa shape index (κ1) is 15.9. The summed E-state index contributed by atoms with van der Waals surface area (Å²) in [6.45, 7) is 4.45. The van der Waals surface area contributed by atoms with Crippen LogP contribution >= 0.6 is 0 Å². The molecule has 5 rings (SSSR count). The first-order valence-corrected chi connectivity index (χ1v) is 8.81. The minimum Gasteiger partial charge on any atom is -0.451 e. The molecule has 25 heavy (non-hydrogen) atoms. The largest absolute Gasteiger partial charge is 0.451 e. The van der Waals surface area contributed by atoms with Gasteiger partial charge in [0.25, 0.3) is 5.91 Å². The lowest BCUT2D eigenvalue weighted by Gasteiger charge is -2.49. The molecule has 2 bridgehead atoms. The number of furan rings is 1. The lowest BCUT2D eigenvalue weighted by Crippen LogP contribution is -2.62. The van der Waals surface area contributed by atoms with Crippen molar-refractivity contribution in [3.05, 3.63) is 47.7 Å². The number of nitrogens with zero attached hydrogens (tertiary/aromatic N) is 2. The maximum atomic E-state index is 12.6. The van der Waals surface area contributed by atoms with Crippen LogP contribution < -0.4 is 5.32 Å². The minimum atomic E-state index is -0.175. The Morgan fingerprint density at radius 2 is 2.00 bits per heavy atom. The third kappa shape index (κ3) is 2.83. The van der Waals surface area contributed by atoms with Gasteiger partial charge in [0.05, 0.1) is 11.6 Å². The first-order chi connectivity index (χ1) is 12.2. The molecule has 3 saturated heterocycles. The Kier molecular flexibility index (Phi) is 4.06. The average Bonchev–Trinajstić information content (AvgIpc) is 3.15. The normalized spacial score (nSPS) is 27.7. The van der Waals surface area contributed by atoms with Gasteiger partial charge in [0.2, 0.25) is 0 Å². The van der Waals surface area contributed by atoms with E-state index in [1.807, 2.05) is 18.2 Å². The number of fused-ring (bicyclic) bond motifs is 3. The third-order valence-electron chi connectivity index (χ3n) is 5.62. The summed E-state index contributed by atoms with van der Waals surface area (Å²) in [7, 11) is 0. The maximum absolute atomic E-state index is 12.6.